The van der Waals surface area contributed by atoms with E-state index in [4.69, 9.17) is 9.26 Å². The van der Waals surface area contributed by atoms with Gasteiger partial charge in [-0.2, -0.15) is 0 Å². The first-order chi connectivity index (χ1) is 15.6. The number of Topliss-reactive ketones (excluding diaryl/α,β-unsaturated/α-hetero) is 1. The molecule has 5 heterocycles. The van der Waals surface area contributed by atoms with Crippen molar-refractivity contribution >= 4 is 34.4 Å². The van der Waals surface area contributed by atoms with E-state index in [0.29, 0.717) is 59.6 Å². The van der Waals surface area contributed by atoms with E-state index in [1.807, 2.05) is 15.9 Å². The van der Waals surface area contributed by atoms with Gasteiger partial charge in [-0.3, -0.25) is 14.4 Å². The zero-order chi connectivity index (χ0) is 21.8. The van der Waals surface area contributed by atoms with Crippen LogP contribution in [-0.4, -0.2) is 89.8 Å². The molecule has 1 amide bonds. The lowest BCUT2D eigenvalue weighted by atomic mass is 9.94. The standard InChI is InChI=1S/C22H20N4O5S/c27-15-12-14(24-3-4-24)21(28)19(20(15)25-5-6-25)13-11-16(31-23-13)17-1-2-18(32-17)22(29)26-7-9-30-10-8-26/h1-2,11-12H,3-10H2. The second-order valence-corrected chi connectivity index (χ2v) is 9.15. The van der Waals surface area contributed by atoms with Crippen LogP contribution in [0, 0.1) is 0 Å². The molecule has 2 aromatic heterocycles. The number of nitrogens with zero attached hydrogens (tertiary/aromatic N) is 4. The number of allylic oxidation sites excluding steroid dienone is 2. The minimum atomic E-state index is -0.196. The van der Waals surface area contributed by atoms with Crippen molar-refractivity contribution in [2.75, 3.05) is 52.5 Å². The monoisotopic (exact) mass is 452 g/mol. The molecule has 3 aliphatic heterocycles. The van der Waals surface area contributed by atoms with Crippen LogP contribution in [0.1, 0.15) is 15.4 Å². The average Bonchev–Trinajstić information content (AvgIpc) is 3.73. The van der Waals surface area contributed by atoms with Crippen LogP contribution in [0.15, 0.2) is 40.2 Å². The lowest BCUT2D eigenvalue weighted by Gasteiger charge is -2.26. The second-order valence-electron chi connectivity index (χ2n) is 8.07. The van der Waals surface area contributed by atoms with Gasteiger partial charge in [-0.1, -0.05) is 5.16 Å². The number of hydrogen-bond donors (Lipinski definition) is 0. The third kappa shape index (κ3) is 3.35. The smallest absolute Gasteiger partial charge is 0.264 e. The van der Waals surface area contributed by atoms with Crippen LogP contribution in [0.4, 0.5) is 0 Å². The molecule has 10 heteroatoms. The topological polar surface area (TPSA) is 95.7 Å². The summed E-state index contributed by atoms with van der Waals surface area (Å²) in [6.07, 6.45) is 1.44. The van der Waals surface area contributed by atoms with Gasteiger partial charge in [0.15, 0.2) is 5.76 Å². The van der Waals surface area contributed by atoms with Gasteiger partial charge < -0.3 is 24.0 Å². The first-order valence-corrected chi connectivity index (χ1v) is 11.4. The molecule has 0 unspecified atom stereocenters. The van der Waals surface area contributed by atoms with E-state index >= 15 is 0 Å². The summed E-state index contributed by atoms with van der Waals surface area (Å²) in [5, 5.41) is 4.14. The summed E-state index contributed by atoms with van der Waals surface area (Å²) >= 11 is 1.32. The van der Waals surface area contributed by atoms with Crippen molar-refractivity contribution in [1.29, 1.82) is 0 Å². The zero-order valence-corrected chi connectivity index (χ0v) is 18.0. The van der Waals surface area contributed by atoms with Gasteiger partial charge in [0.1, 0.15) is 5.69 Å². The number of aromatic nitrogens is 1. The summed E-state index contributed by atoms with van der Waals surface area (Å²) < 4.78 is 10.9. The maximum Gasteiger partial charge on any atom is 0.264 e. The highest BCUT2D eigenvalue weighted by molar-refractivity contribution is 7.17. The van der Waals surface area contributed by atoms with Crippen LogP contribution in [0.2, 0.25) is 0 Å². The van der Waals surface area contributed by atoms with Crippen LogP contribution in [0.3, 0.4) is 0 Å². The Hall–Kier alpha value is -3.24. The molecule has 0 aromatic carbocycles. The Bertz CT molecular complexity index is 1190. The molecule has 0 spiro atoms. The second kappa shape index (κ2) is 7.42. The molecular weight excluding hydrogens is 432 g/mol. The van der Waals surface area contributed by atoms with Crippen molar-refractivity contribution in [3.05, 3.63) is 46.2 Å². The Morgan fingerprint density at radius 1 is 1.00 bits per heavy atom. The van der Waals surface area contributed by atoms with Gasteiger partial charge >= 0.3 is 0 Å². The molecule has 0 bridgehead atoms. The Morgan fingerprint density at radius 3 is 2.47 bits per heavy atom. The van der Waals surface area contributed by atoms with Crippen molar-refractivity contribution in [2.24, 2.45) is 0 Å². The molecule has 0 saturated carbocycles. The molecule has 9 nitrogen and oxygen atoms in total. The van der Waals surface area contributed by atoms with Crippen LogP contribution >= 0.6 is 11.3 Å². The van der Waals surface area contributed by atoms with E-state index in [1.54, 1.807) is 17.0 Å². The molecule has 0 radical (unpaired) electrons. The molecule has 6 rings (SSSR count). The fourth-order valence-corrected chi connectivity index (χ4v) is 4.91. The van der Waals surface area contributed by atoms with E-state index in [1.165, 1.54) is 17.4 Å². The molecule has 2 aromatic rings. The minimum Gasteiger partial charge on any atom is -0.378 e. The summed E-state index contributed by atoms with van der Waals surface area (Å²) in [4.78, 5) is 45.6. The normalized spacial score (nSPS) is 20.8. The van der Waals surface area contributed by atoms with Crippen molar-refractivity contribution < 1.29 is 23.6 Å². The number of hydrogen-bond acceptors (Lipinski definition) is 9. The zero-order valence-electron chi connectivity index (χ0n) is 17.2. The van der Waals surface area contributed by atoms with Gasteiger partial charge in [0.2, 0.25) is 11.6 Å². The van der Waals surface area contributed by atoms with E-state index in [0.717, 1.165) is 31.1 Å². The highest BCUT2D eigenvalue weighted by atomic mass is 32.1. The number of carbonyl (C=O) groups excluding carboxylic acids is 3. The van der Waals surface area contributed by atoms with Gasteiger partial charge in [-0.15, -0.1) is 11.3 Å². The summed E-state index contributed by atoms with van der Waals surface area (Å²) in [5.74, 6) is 0.0696. The number of ketones is 2. The lowest BCUT2D eigenvalue weighted by Crippen LogP contribution is -2.40. The molecule has 164 valence electrons. The van der Waals surface area contributed by atoms with Gasteiger partial charge in [0, 0.05) is 51.4 Å². The molecule has 0 N–H and O–H groups in total. The molecule has 32 heavy (non-hydrogen) atoms. The van der Waals surface area contributed by atoms with Crippen molar-refractivity contribution in [1.82, 2.24) is 19.9 Å². The predicted molar refractivity (Wildman–Crippen MR) is 115 cm³/mol. The molecule has 3 fully saturated rings. The summed E-state index contributed by atoms with van der Waals surface area (Å²) in [5.41, 5.74) is 1.47. The first kappa shape index (κ1) is 19.4. The largest absolute Gasteiger partial charge is 0.378 e. The number of morpholine rings is 1. The first-order valence-electron chi connectivity index (χ1n) is 10.6. The molecular formula is C22H20N4O5S. The highest BCUT2D eigenvalue weighted by Gasteiger charge is 2.41. The number of carbonyl (C=O) groups is 3. The quantitative estimate of drug-likeness (QED) is 0.494. The van der Waals surface area contributed by atoms with Gasteiger partial charge in [-0.25, -0.2) is 0 Å². The summed E-state index contributed by atoms with van der Waals surface area (Å²) in [6.45, 7) is 5.28. The molecule has 0 atom stereocenters. The van der Waals surface area contributed by atoms with E-state index in [-0.39, 0.29) is 17.5 Å². The number of amides is 1. The van der Waals surface area contributed by atoms with E-state index in [2.05, 4.69) is 5.16 Å². The molecule has 4 aliphatic rings. The van der Waals surface area contributed by atoms with Crippen molar-refractivity contribution in [2.45, 2.75) is 0 Å². The Labute approximate surface area is 187 Å². The summed E-state index contributed by atoms with van der Waals surface area (Å²) in [6, 6.07) is 5.28. The molecule has 1 aliphatic carbocycles. The van der Waals surface area contributed by atoms with Gasteiger partial charge in [-0.05, 0) is 12.1 Å². The maximum atomic E-state index is 13.2. The van der Waals surface area contributed by atoms with Crippen molar-refractivity contribution in [3.63, 3.8) is 0 Å². The van der Waals surface area contributed by atoms with Crippen LogP contribution in [-0.2, 0) is 14.3 Å². The minimum absolute atomic E-state index is 0.0304. The summed E-state index contributed by atoms with van der Waals surface area (Å²) in [7, 11) is 0. The van der Waals surface area contributed by atoms with Gasteiger partial charge in [0.05, 0.1) is 39.9 Å². The predicted octanol–water partition coefficient (Wildman–Crippen LogP) is 1.25. The number of thiophene rings is 1. The maximum absolute atomic E-state index is 13.2. The number of ether oxygens (including phenoxy) is 1. The Morgan fingerprint density at radius 2 is 1.75 bits per heavy atom. The van der Waals surface area contributed by atoms with Gasteiger partial charge in [0.25, 0.3) is 5.91 Å². The third-order valence-electron chi connectivity index (χ3n) is 5.87. The van der Waals surface area contributed by atoms with E-state index in [9.17, 15) is 14.4 Å². The fourth-order valence-electron chi connectivity index (χ4n) is 3.98. The Kier molecular flexibility index (Phi) is 4.51. The number of rotatable bonds is 5. The van der Waals surface area contributed by atoms with Crippen LogP contribution < -0.4 is 0 Å². The van der Waals surface area contributed by atoms with Crippen molar-refractivity contribution in [3.8, 4) is 10.6 Å². The molecule has 3 saturated heterocycles. The average molecular weight is 452 g/mol. The van der Waals surface area contributed by atoms with Crippen LogP contribution in [0.25, 0.3) is 16.2 Å². The van der Waals surface area contributed by atoms with E-state index < -0.39 is 0 Å². The fraction of sp³-hybridized carbons (Fsp3) is 0.364. The van der Waals surface area contributed by atoms with Crippen LogP contribution in [0.5, 0.6) is 0 Å². The third-order valence-corrected chi connectivity index (χ3v) is 6.96. The Balaban J connectivity index is 1.30. The lowest BCUT2D eigenvalue weighted by molar-refractivity contribution is -0.115. The SMILES string of the molecule is O=C1C=C(N2CC2)C(=O)C(c2cc(-c3ccc(C(=O)N4CCOCC4)s3)on2)=C1N1CC1. The highest BCUT2D eigenvalue weighted by Crippen LogP contribution is 2.37.